The third-order valence-electron chi connectivity index (χ3n) is 3.89. The summed E-state index contributed by atoms with van der Waals surface area (Å²) in [5.41, 5.74) is 1.14. The lowest BCUT2D eigenvalue weighted by atomic mass is 10.1. The SMILES string of the molecule is CCCOC(=O)c1ccc(CN2C(=O)COc3ccc([N+](=O)[O-])nc32)cc1. The average Bonchev–Trinajstić information content (AvgIpc) is 2.68. The molecule has 0 saturated carbocycles. The smallest absolute Gasteiger partial charge is 0.366 e. The molecule has 1 aliphatic heterocycles. The summed E-state index contributed by atoms with van der Waals surface area (Å²) >= 11 is 0. The molecule has 0 bridgehead atoms. The molecule has 1 amide bonds. The third kappa shape index (κ3) is 4.02. The number of esters is 1. The van der Waals surface area contributed by atoms with Crippen LogP contribution in [0.15, 0.2) is 36.4 Å². The molecule has 0 saturated heterocycles. The summed E-state index contributed by atoms with van der Waals surface area (Å²) in [6.07, 6.45) is 0.738. The van der Waals surface area contributed by atoms with Crippen molar-refractivity contribution in [3.8, 4) is 5.75 Å². The van der Waals surface area contributed by atoms with Crippen molar-refractivity contribution in [2.75, 3.05) is 18.1 Å². The number of hydrogen-bond acceptors (Lipinski definition) is 7. The summed E-state index contributed by atoms with van der Waals surface area (Å²) in [6.45, 7) is 2.23. The molecule has 0 radical (unpaired) electrons. The van der Waals surface area contributed by atoms with E-state index in [9.17, 15) is 19.7 Å². The molecule has 2 heterocycles. The van der Waals surface area contributed by atoms with Gasteiger partial charge in [-0.05, 0) is 40.1 Å². The Labute approximate surface area is 154 Å². The molecule has 1 aromatic carbocycles. The number of carbonyl (C=O) groups excluding carboxylic acids is 2. The fourth-order valence-electron chi connectivity index (χ4n) is 2.54. The van der Waals surface area contributed by atoms with Crippen LogP contribution in [0.4, 0.5) is 11.6 Å². The largest absolute Gasteiger partial charge is 0.477 e. The van der Waals surface area contributed by atoms with E-state index in [2.05, 4.69) is 4.98 Å². The van der Waals surface area contributed by atoms with Crippen LogP contribution in [-0.4, -0.2) is 35.0 Å². The van der Waals surface area contributed by atoms with Crippen LogP contribution in [0.3, 0.4) is 0 Å². The predicted octanol–water partition coefficient (Wildman–Crippen LogP) is 2.48. The van der Waals surface area contributed by atoms with E-state index in [0.29, 0.717) is 17.9 Å². The standard InChI is InChI=1S/C18H17N3O6/c1-2-9-26-18(23)13-5-3-12(4-6-13)10-20-16(22)11-27-14-7-8-15(21(24)25)19-17(14)20/h3-8H,2,9-11H2,1H3. The van der Waals surface area contributed by atoms with E-state index >= 15 is 0 Å². The van der Waals surface area contributed by atoms with E-state index in [0.717, 1.165) is 12.0 Å². The average molecular weight is 371 g/mol. The van der Waals surface area contributed by atoms with Crippen LogP contribution in [0.2, 0.25) is 0 Å². The van der Waals surface area contributed by atoms with Gasteiger partial charge in [-0.1, -0.05) is 19.1 Å². The van der Waals surface area contributed by atoms with Crippen molar-refractivity contribution in [1.82, 2.24) is 4.98 Å². The number of carbonyl (C=O) groups is 2. The van der Waals surface area contributed by atoms with Crippen LogP contribution < -0.4 is 9.64 Å². The lowest BCUT2D eigenvalue weighted by molar-refractivity contribution is -0.389. The van der Waals surface area contributed by atoms with Crippen LogP contribution in [0, 0.1) is 10.1 Å². The van der Waals surface area contributed by atoms with E-state index in [1.807, 2.05) is 6.92 Å². The van der Waals surface area contributed by atoms with Gasteiger partial charge in [0.1, 0.15) is 0 Å². The minimum absolute atomic E-state index is 0.104. The van der Waals surface area contributed by atoms with Crippen molar-refractivity contribution in [1.29, 1.82) is 0 Å². The molecule has 0 aliphatic carbocycles. The zero-order valence-corrected chi connectivity index (χ0v) is 14.6. The van der Waals surface area contributed by atoms with Gasteiger partial charge in [0.25, 0.3) is 11.7 Å². The molecule has 0 unspecified atom stereocenters. The highest BCUT2D eigenvalue weighted by Gasteiger charge is 2.32. The summed E-state index contributed by atoms with van der Waals surface area (Å²) in [7, 11) is 0. The molecule has 1 aliphatic rings. The lowest BCUT2D eigenvalue weighted by Crippen LogP contribution is -2.39. The molecule has 9 heteroatoms. The minimum atomic E-state index is -0.631. The van der Waals surface area contributed by atoms with Crippen LogP contribution >= 0.6 is 0 Å². The number of hydrogen-bond donors (Lipinski definition) is 0. The van der Waals surface area contributed by atoms with Crippen LogP contribution in [-0.2, 0) is 16.1 Å². The molecular formula is C18H17N3O6. The third-order valence-corrected chi connectivity index (χ3v) is 3.89. The van der Waals surface area contributed by atoms with Crippen LogP contribution in [0.5, 0.6) is 5.75 Å². The topological polar surface area (TPSA) is 112 Å². The molecule has 0 fully saturated rings. The van der Waals surface area contributed by atoms with Gasteiger partial charge in [-0.3, -0.25) is 9.69 Å². The second-order valence-corrected chi connectivity index (χ2v) is 5.85. The Morgan fingerprint density at radius 1 is 1.30 bits per heavy atom. The lowest BCUT2D eigenvalue weighted by Gasteiger charge is -2.25. The fraction of sp³-hybridized carbons (Fsp3) is 0.278. The van der Waals surface area contributed by atoms with E-state index in [4.69, 9.17) is 9.47 Å². The zero-order chi connectivity index (χ0) is 19.4. The van der Waals surface area contributed by atoms with E-state index < -0.39 is 10.9 Å². The summed E-state index contributed by atoms with van der Waals surface area (Å²) in [5.74, 6) is -0.728. The first-order valence-electron chi connectivity index (χ1n) is 8.34. The molecule has 1 aromatic heterocycles. The van der Waals surface area contributed by atoms with Crippen molar-refractivity contribution in [2.45, 2.75) is 19.9 Å². The number of nitrogens with zero attached hydrogens (tertiary/aromatic N) is 3. The number of nitro groups is 1. The molecular weight excluding hydrogens is 354 g/mol. The molecule has 0 N–H and O–H groups in total. The maximum absolute atomic E-state index is 12.3. The second kappa shape index (κ2) is 7.81. The van der Waals surface area contributed by atoms with Gasteiger partial charge >= 0.3 is 11.8 Å². The number of fused-ring (bicyclic) bond motifs is 1. The number of ether oxygens (including phenoxy) is 2. The minimum Gasteiger partial charge on any atom is -0.477 e. The number of benzene rings is 1. The molecule has 0 spiro atoms. The first-order valence-corrected chi connectivity index (χ1v) is 8.34. The van der Waals surface area contributed by atoms with Crippen molar-refractivity contribution in [3.63, 3.8) is 0 Å². The van der Waals surface area contributed by atoms with Crippen molar-refractivity contribution in [2.24, 2.45) is 0 Å². The van der Waals surface area contributed by atoms with Gasteiger partial charge in [-0.25, -0.2) is 4.79 Å². The Kier molecular flexibility index (Phi) is 5.30. The fourth-order valence-corrected chi connectivity index (χ4v) is 2.54. The normalized spacial score (nSPS) is 12.9. The van der Waals surface area contributed by atoms with Crippen LogP contribution in [0.1, 0.15) is 29.3 Å². The summed E-state index contributed by atoms with van der Waals surface area (Å²) < 4.78 is 10.4. The Bertz CT molecular complexity index is 881. The molecule has 9 nitrogen and oxygen atoms in total. The molecule has 2 aromatic rings. The Hall–Kier alpha value is -3.49. The van der Waals surface area contributed by atoms with E-state index in [1.54, 1.807) is 24.3 Å². The van der Waals surface area contributed by atoms with Crippen molar-refractivity contribution >= 4 is 23.5 Å². The molecule has 27 heavy (non-hydrogen) atoms. The van der Waals surface area contributed by atoms with Gasteiger partial charge in [0, 0.05) is 6.07 Å². The Morgan fingerprint density at radius 2 is 2.04 bits per heavy atom. The maximum Gasteiger partial charge on any atom is 0.366 e. The van der Waals surface area contributed by atoms with Gasteiger partial charge < -0.3 is 19.6 Å². The first kappa shape index (κ1) is 18.3. The predicted molar refractivity (Wildman–Crippen MR) is 94.6 cm³/mol. The Morgan fingerprint density at radius 3 is 2.70 bits per heavy atom. The summed E-state index contributed by atoms with van der Waals surface area (Å²) in [4.78, 5) is 39.7. The quantitative estimate of drug-likeness (QED) is 0.435. The van der Waals surface area contributed by atoms with E-state index in [-0.39, 0.29) is 30.7 Å². The maximum atomic E-state index is 12.3. The first-order chi connectivity index (χ1) is 13.0. The molecule has 3 rings (SSSR count). The number of anilines is 1. The highest BCUT2D eigenvalue weighted by molar-refractivity contribution is 5.96. The zero-order valence-electron chi connectivity index (χ0n) is 14.6. The van der Waals surface area contributed by atoms with Crippen LogP contribution in [0.25, 0.3) is 0 Å². The van der Waals surface area contributed by atoms with Gasteiger partial charge in [-0.15, -0.1) is 0 Å². The van der Waals surface area contributed by atoms with E-state index in [1.165, 1.54) is 17.0 Å². The van der Waals surface area contributed by atoms with Crippen molar-refractivity contribution in [3.05, 3.63) is 57.6 Å². The highest BCUT2D eigenvalue weighted by Crippen LogP contribution is 2.33. The second-order valence-electron chi connectivity index (χ2n) is 5.85. The number of rotatable bonds is 6. The summed E-state index contributed by atoms with van der Waals surface area (Å²) in [6, 6.07) is 9.26. The van der Waals surface area contributed by atoms with Gasteiger partial charge in [0.05, 0.1) is 18.7 Å². The van der Waals surface area contributed by atoms with Gasteiger partial charge in [0.15, 0.2) is 12.4 Å². The Balaban J connectivity index is 1.81. The monoisotopic (exact) mass is 371 g/mol. The number of pyridine rings is 1. The highest BCUT2D eigenvalue weighted by atomic mass is 16.6. The van der Waals surface area contributed by atoms with Gasteiger partial charge in [-0.2, -0.15) is 0 Å². The molecule has 140 valence electrons. The number of aromatic nitrogens is 1. The van der Waals surface area contributed by atoms with Gasteiger partial charge in [0.2, 0.25) is 0 Å². The summed E-state index contributed by atoms with van der Waals surface area (Å²) in [5, 5.41) is 11.0. The number of amides is 1. The molecule has 0 atom stereocenters. The van der Waals surface area contributed by atoms with Crippen molar-refractivity contribution < 1.29 is 24.0 Å².